The Balaban J connectivity index is 1.27. The van der Waals surface area contributed by atoms with Gasteiger partial charge in [0.1, 0.15) is 19.0 Å². The van der Waals surface area contributed by atoms with Gasteiger partial charge in [0.2, 0.25) is 11.8 Å². The Hall–Kier alpha value is -3.16. The summed E-state index contributed by atoms with van der Waals surface area (Å²) in [5, 5.41) is 0. The third kappa shape index (κ3) is 4.95. The lowest BCUT2D eigenvalue weighted by Crippen LogP contribution is -2.47. The van der Waals surface area contributed by atoms with Gasteiger partial charge in [-0.25, -0.2) is 14.8 Å². The highest BCUT2D eigenvalue weighted by Crippen LogP contribution is 2.24. The Kier molecular flexibility index (Phi) is 6.34. The summed E-state index contributed by atoms with van der Waals surface area (Å²) in [7, 11) is 0. The summed E-state index contributed by atoms with van der Waals surface area (Å²) in [6, 6.07) is 9.73. The smallest absolute Gasteiger partial charge is 0.325 e. The van der Waals surface area contributed by atoms with Crippen LogP contribution in [0.3, 0.4) is 0 Å². The van der Waals surface area contributed by atoms with E-state index in [4.69, 9.17) is 4.74 Å². The van der Waals surface area contributed by atoms with Crippen molar-refractivity contribution in [2.24, 2.45) is 0 Å². The molecule has 2 aliphatic rings. The first-order chi connectivity index (χ1) is 15.0. The van der Waals surface area contributed by atoms with Crippen molar-refractivity contribution in [1.82, 2.24) is 19.8 Å². The van der Waals surface area contributed by atoms with Crippen LogP contribution in [0.15, 0.2) is 42.9 Å². The van der Waals surface area contributed by atoms with Gasteiger partial charge in [-0.05, 0) is 23.6 Å². The largest absolute Gasteiger partial charge is 0.474 e. The van der Waals surface area contributed by atoms with Crippen molar-refractivity contribution >= 4 is 17.6 Å². The monoisotopic (exact) mass is 423 g/mol. The zero-order valence-electron chi connectivity index (χ0n) is 18.1. The topological polar surface area (TPSA) is 78.9 Å². The van der Waals surface area contributed by atoms with E-state index in [1.165, 1.54) is 11.9 Å². The molecule has 0 bridgehead atoms. The van der Waals surface area contributed by atoms with E-state index in [-0.39, 0.29) is 24.6 Å². The molecular formula is C23H29N5O3. The molecule has 8 nitrogen and oxygen atoms in total. The lowest BCUT2D eigenvalue weighted by molar-refractivity contribution is -0.133. The van der Waals surface area contributed by atoms with Crippen molar-refractivity contribution in [1.29, 1.82) is 0 Å². The van der Waals surface area contributed by atoms with Crippen LogP contribution in [-0.2, 0) is 4.79 Å². The summed E-state index contributed by atoms with van der Waals surface area (Å²) in [6.07, 6.45) is 4.64. The van der Waals surface area contributed by atoms with Gasteiger partial charge in [-0.15, -0.1) is 0 Å². The van der Waals surface area contributed by atoms with Crippen molar-refractivity contribution in [3.8, 4) is 5.88 Å². The summed E-state index contributed by atoms with van der Waals surface area (Å²) >= 11 is 0. The second-order valence-corrected chi connectivity index (χ2v) is 8.35. The molecule has 0 radical (unpaired) electrons. The van der Waals surface area contributed by atoms with Crippen molar-refractivity contribution in [3.63, 3.8) is 0 Å². The maximum atomic E-state index is 12.8. The fourth-order valence-corrected chi connectivity index (χ4v) is 4.01. The van der Waals surface area contributed by atoms with Gasteiger partial charge in [0.25, 0.3) is 0 Å². The number of anilines is 1. The molecule has 0 aliphatic carbocycles. The second kappa shape index (κ2) is 9.32. The molecule has 3 heterocycles. The summed E-state index contributed by atoms with van der Waals surface area (Å²) in [6.45, 7) is 6.82. The van der Waals surface area contributed by atoms with E-state index < -0.39 is 0 Å². The Morgan fingerprint density at radius 1 is 1.10 bits per heavy atom. The number of benzene rings is 1. The molecule has 1 aromatic carbocycles. The summed E-state index contributed by atoms with van der Waals surface area (Å²) < 4.78 is 5.86. The van der Waals surface area contributed by atoms with Crippen LogP contribution in [0, 0.1) is 0 Å². The van der Waals surface area contributed by atoms with E-state index in [0.29, 0.717) is 38.0 Å². The maximum absolute atomic E-state index is 12.8. The minimum Gasteiger partial charge on any atom is -0.474 e. The first-order valence-corrected chi connectivity index (χ1v) is 10.9. The Morgan fingerprint density at radius 2 is 1.84 bits per heavy atom. The number of hydrogen-bond acceptors (Lipinski definition) is 5. The third-order valence-corrected chi connectivity index (χ3v) is 5.93. The summed E-state index contributed by atoms with van der Waals surface area (Å²) in [5.74, 6) is 1.00. The molecular weight excluding hydrogens is 394 g/mol. The summed E-state index contributed by atoms with van der Waals surface area (Å²) in [4.78, 5) is 38.8. The Labute approximate surface area is 182 Å². The molecule has 2 aliphatic heterocycles. The van der Waals surface area contributed by atoms with Crippen LogP contribution in [0.4, 0.5) is 10.5 Å². The van der Waals surface area contributed by atoms with Crippen LogP contribution in [-0.4, -0.2) is 70.5 Å². The minimum atomic E-state index is -0.104. The molecule has 2 aromatic rings. The second-order valence-electron chi connectivity index (χ2n) is 8.35. The highest BCUT2D eigenvalue weighted by atomic mass is 16.5. The van der Waals surface area contributed by atoms with Gasteiger partial charge in [0.15, 0.2) is 0 Å². The van der Waals surface area contributed by atoms with Gasteiger partial charge in [0.05, 0.1) is 0 Å². The fourth-order valence-electron chi connectivity index (χ4n) is 4.01. The number of rotatable bonds is 6. The fraction of sp³-hybridized carbons (Fsp3) is 0.478. The molecule has 8 heteroatoms. The maximum Gasteiger partial charge on any atom is 0.325 e. The van der Waals surface area contributed by atoms with Gasteiger partial charge < -0.3 is 14.5 Å². The molecule has 0 unspecified atom stereocenters. The third-order valence-electron chi connectivity index (χ3n) is 5.93. The van der Waals surface area contributed by atoms with E-state index in [1.54, 1.807) is 22.1 Å². The van der Waals surface area contributed by atoms with Gasteiger partial charge in [-0.3, -0.25) is 9.69 Å². The molecule has 0 spiro atoms. The average Bonchev–Trinajstić information content (AvgIpc) is 3.15. The van der Waals surface area contributed by atoms with E-state index in [9.17, 15) is 9.59 Å². The normalized spacial score (nSPS) is 17.5. The van der Waals surface area contributed by atoms with Crippen LogP contribution >= 0.6 is 0 Å². The molecule has 2 fully saturated rings. The standard InChI is InChI=1S/C23H29N5O3/c1-17(2)18-3-5-19(6-4-18)28-14-13-27(23(28)30)15-22(29)26-11-8-20(9-12-26)31-21-7-10-24-16-25-21/h3-7,10,16-17,20H,8-9,11-15H2,1-2H3. The molecule has 1 aromatic heterocycles. The van der Waals surface area contributed by atoms with E-state index >= 15 is 0 Å². The predicted octanol–water partition coefficient (Wildman–Crippen LogP) is 2.91. The first-order valence-electron chi connectivity index (χ1n) is 10.9. The van der Waals surface area contributed by atoms with E-state index in [2.05, 4.69) is 35.9 Å². The highest BCUT2D eigenvalue weighted by molar-refractivity contribution is 5.96. The van der Waals surface area contributed by atoms with Crippen LogP contribution in [0.5, 0.6) is 5.88 Å². The van der Waals surface area contributed by atoms with Gasteiger partial charge in [-0.1, -0.05) is 26.0 Å². The van der Waals surface area contributed by atoms with Gasteiger partial charge in [-0.2, -0.15) is 0 Å². The highest BCUT2D eigenvalue weighted by Gasteiger charge is 2.33. The molecule has 0 N–H and O–H groups in total. The number of carbonyl (C=O) groups excluding carboxylic acids is 2. The molecule has 0 atom stereocenters. The van der Waals surface area contributed by atoms with Gasteiger partial charge in [0, 0.05) is 57.0 Å². The number of aromatic nitrogens is 2. The van der Waals surface area contributed by atoms with Crippen LogP contribution in [0.25, 0.3) is 0 Å². The molecule has 31 heavy (non-hydrogen) atoms. The Bertz CT molecular complexity index is 895. The van der Waals surface area contributed by atoms with E-state index in [1.807, 2.05) is 17.0 Å². The number of piperidine rings is 1. The van der Waals surface area contributed by atoms with Crippen LogP contribution in [0.1, 0.15) is 38.2 Å². The van der Waals surface area contributed by atoms with Crippen molar-refractivity contribution < 1.29 is 14.3 Å². The van der Waals surface area contributed by atoms with E-state index in [0.717, 1.165) is 18.5 Å². The predicted molar refractivity (Wildman–Crippen MR) is 117 cm³/mol. The lowest BCUT2D eigenvalue weighted by atomic mass is 10.0. The van der Waals surface area contributed by atoms with Gasteiger partial charge >= 0.3 is 6.03 Å². The quantitative estimate of drug-likeness (QED) is 0.714. The molecule has 4 rings (SSSR count). The molecule has 3 amide bonds. The minimum absolute atomic E-state index is 0.00848. The lowest BCUT2D eigenvalue weighted by Gasteiger charge is -2.32. The zero-order chi connectivity index (χ0) is 21.8. The number of amides is 3. The number of hydrogen-bond donors (Lipinski definition) is 0. The number of ether oxygens (including phenoxy) is 1. The molecule has 164 valence electrons. The number of nitrogens with zero attached hydrogens (tertiary/aromatic N) is 5. The van der Waals surface area contributed by atoms with Crippen LogP contribution in [0.2, 0.25) is 0 Å². The Morgan fingerprint density at radius 3 is 2.48 bits per heavy atom. The number of likely N-dealkylation sites (tertiary alicyclic amines) is 1. The molecule has 2 saturated heterocycles. The van der Waals surface area contributed by atoms with Crippen molar-refractivity contribution in [3.05, 3.63) is 48.4 Å². The number of urea groups is 1. The van der Waals surface area contributed by atoms with Crippen molar-refractivity contribution in [2.45, 2.75) is 38.7 Å². The SMILES string of the molecule is CC(C)c1ccc(N2CCN(CC(=O)N3CCC(Oc4ccncn4)CC3)C2=O)cc1. The number of carbonyl (C=O) groups is 2. The molecule has 0 saturated carbocycles. The van der Waals surface area contributed by atoms with Crippen LogP contribution < -0.4 is 9.64 Å². The van der Waals surface area contributed by atoms with Crippen molar-refractivity contribution in [2.75, 3.05) is 37.6 Å². The zero-order valence-corrected chi connectivity index (χ0v) is 18.1. The average molecular weight is 424 g/mol. The first kappa shape index (κ1) is 21.1. The summed E-state index contributed by atoms with van der Waals surface area (Å²) in [5.41, 5.74) is 2.13.